The number of allylic oxidation sites excluding steroid dienone is 1. The Morgan fingerprint density at radius 1 is 1.69 bits per heavy atom. The summed E-state index contributed by atoms with van der Waals surface area (Å²) in [4.78, 5) is 23.8. The first-order chi connectivity index (χ1) is 7.46. The minimum Gasteiger partial charge on any atom is -0.467 e. The summed E-state index contributed by atoms with van der Waals surface area (Å²) in [6.07, 6.45) is 1.87. The van der Waals surface area contributed by atoms with Gasteiger partial charge in [-0.15, -0.1) is 6.58 Å². The summed E-state index contributed by atoms with van der Waals surface area (Å²) in [6.45, 7) is 5.89. The molecule has 5 heteroatoms. The Morgan fingerprint density at radius 2 is 2.31 bits per heavy atom. The highest BCUT2D eigenvalue weighted by molar-refractivity contribution is 5.82. The number of likely N-dealkylation sites (tertiary alicyclic amines) is 1. The fraction of sp³-hybridized carbons (Fsp3) is 0.636. The molecule has 0 bridgehead atoms. The molecule has 1 N–H and O–H groups in total. The Balaban J connectivity index is 3.00. The van der Waals surface area contributed by atoms with Crippen molar-refractivity contribution in [3.63, 3.8) is 0 Å². The first-order valence-electron chi connectivity index (χ1n) is 5.14. The summed E-state index contributed by atoms with van der Waals surface area (Å²) in [5.41, 5.74) is -0.409. The smallest absolute Gasteiger partial charge is 0.408 e. The van der Waals surface area contributed by atoms with E-state index < -0.39 is 23.5 Å². The molecule has 90 valence electrons. The molecule has 1 aliphatic rings. The van der Waals surface area contributed by atoms with Gasteiger partial charge in [-0.05, 0) is 12.8 Å². The van der Waals surface area contributed by atoms with Crippen LogP contribution in [0.3, 0.4) is 0 Å². The zero-order chi connectivity index (χ0) is 12.3. The fourth-order valence-electron chi connectivity index (χ4n) is 2.29. The number of hydrogen-bond acceptors (Lipinski definition) is 3. The number of amides is 1. The summed E-state index contributed by atoms with van der Waals surface area (Å²) < 4.78 is 4.68. The Morgan fingerprint density at radius 3 is 2.75 bits per heavy atom. The number of rotatable bonds is 3. The minimum absolute atomic E-state index is 0.361. The Bertz CT molecular complexity index is 315. The predicted molar refractivity (Wildman–Crippen MR) is 58.1 cm³/mol. The lowest BCUT2D eigenvalue weighted by Crippen LogP contribution is -2.47. The van der Waals surface area contributed by atoms with Crippen LogP contribution in [0.15, 0.2) is 12.7 Å². The largest absolute Gasteiger partial charge is 0.467 e. The second kappa shape index (κ2) is 4.55. The van der Waals surface area contributed by atoms with Gasteiger partial charge in [-0.25, -0.2) is 9.59 Å². The zero-order valence-electron chi connectivity index (χ0n) is 9.60. The maximum absolute atomic E-state index is 11.7. The Labute approximate surface area is 94.7 Å². The van der Waals surface area contributed by atoms with Gasteiger partial charge >= 0.3 is 12.1 Å². The van der Waals surface area contributed by atoms with E-state index in [9.17, 15) is 9.59 Å². The number of ether oxygens (including phenoxy) is 1. The first kappa shape index (κ1) is 12.5. The summed E-state index contributed by atoms with van der Waals surface area (Å²) in [5, 5.41) is 9.02. The average molecular weight is 227 g/mol. The number of hydrogen-bond donors (Lipinski definition) is 1. The van der Waals surface area contributed by atoms with E-state index in [-0.39, 0.29) is 0 Å². The molecule has 0 saturated carbocycles. The number of methoxy groups -OCH3 is 1. The van der Waals surface area contributed by atoms with Gasteiger partial charge in [-0.3, -0.25) is 4.90 Å². The molecule has 0 radical (unpaired) electrons. The Hall–Kier alpha value is -1.52. The van der Waals surface area contributed by atoms with Crippen molar-refractivity contribution in [1.29, 1.82) is 0 Å². The number of carbonyl (C=O) groups is 2. The number of esters is 1. The third kappa shape index (κ3) is 2.03. The molecule has 0 aromatic rings. The second-order valence-electron chi connectivity index (χ2n) is 4.30. The van der Waals surface area contributed by atoms with Crippen LogP contribution in [0, 0.1) is 5.41 Å². The third-order valence-electron chi connectivity index (χ3n) is 3.18. The molecule has 0 aromatic heterocycles. The number of nitrogens with zero attached hydrogens (tertiary/aromatic N) is 1. The fourth-order valence-corrected chi connectivity index (χ4v) is 2.29. The van der Waals surface area contributed by atoms with Crippen LogP contribution in [-0.4, -0.2) is 41.8 Å². The lowest BCUT2D eigenvalue weighted by molar-refractivity contribution is -0.148. The predicted octanol–water partition coefficient (Wildman–Crippen LogP) is 1.49. The van der Waals surface area contributed by atoms with Gasteiger partial charge in [0, 0.05) is 12.0 Å². The first-order valence-corrected chi connectivity index (χ1v) is 5.14. The van der Waals surface area contributed by atoms with Crippen molar-refractivity contribution in [1.82, 2.24) is 4.90 Å². The third-order valence-corrected chi connectivity index (χ3v) is 3.18. The van der Waals surface area contributed by atoms with Crippen LogP contribution < -0.4 is 0 Å². The molecule has 1 amide bonds. The van der Waals surface area contributed by atoms with Gasteiger partial charge in [-0.2, -0.15) is 0 Å². The molecule has 2 atom stereocenters. The molecule has 0 aliphatic carbocycles. The second-order valence-corrected chi connectivity index (χ2v) is 4.30. The minimum atomic E-state index is -1.08. The summed E-state index contributed by atoms with van der Waals surface area (Å²) in [5.74, 6) is -0.496. The molecule has 1 heterocycles. The summed E-state index contributed by atoms with van der Waals surface area (Å²) in [7, 11) is 1.27. The lowest BCUT2D eigenvalue weighted by atomic mass is 9.79. The van der Waals surface area contributed by atoms with Gasteiger partial charge in [0.15, 0.2) is 0 Å². The molecule has 2 unspecified atom stereocenters. The summed E-state index contributed by atoms with van der Waals surface area (Å²) >= 11 is 0. The van der Waals surface area contributed by atoms with E-state index in [1.165, 1.54) is 7.11 Å². The van der Waals surface area contributed by atoms with E-state index in [4.69, 9.17) is 5.11 Å². The highest BCUT2D eigenvalue weighted by Gasteiger charge is 2.50. The van der Waals surface area contributed by atoms with Crippen LogP contribution in [0.2, 0.25) is 0 Å². The number of carbonyl (C=O) groups excluding carboxylic acids is 1. The van der Waals surface area contributed by atoms with Crippen LogP contribution in [0.5, 0.6) is 0 Å². The Kier molecular flexibility index (Phi) is 3.57. The van der Waals surface area contributed by atoms with E-state index in [0.29, 0.717) is 19.4 Å². The highest BCUT2D eigenvalue weighted by atomic mass is 16.5. The number of carboxylic acid groups (broad SMARTS) is 1. The molecule has 5 nitrogen and oxygen atoms in total. The molecule has 1 fully saturated rings. The topological polar surface area (TPSA) is 66.8 Å². The van der Waals surface area contributed by atoms with Gasteiger partial charge in [-0.1, -0.05) is 13.0 Å². The molecule has 0 aromatic carbocycles. The monoisotopic (exact) mass is 227 g/mol. The molecule has 1 saturated heterocycles. The molecule has 0 spiro atoms. The van der Waals surface area contributed by atoms with Gasteiger partial charge in [0.05, 0.1) is 7.11 Å². The maximum Gasteiger partial charge on any atom is 0.408 e. The van der Waals surface area contributed by atoms with Crippen LogP contribution in [0.4, 0.5) is 4.79 Å². The van der Waals surface area contributed by atoms with Gasteiger partial charge in [0.2, 0.25) is 0 Å². The zero-order valence-corrected chi connectivity index (χ0v) is 9.60. The van der Waals surface area contributed by atoms with Crippen LogP contribution >= 0.6 is 0 Å². The van der Waals surface area contributed by atoms with Crippen LogP contribution in [0.25, 0.3) is 0 Å². The van der Waals surface area contributed by atoms with Gasteiger partial charge < -0.3 is 9.84 Å². The van der Waals surface area contributed by atoms with Crippen LogP contribution in [0.1, 0.15) is 19.8 Å². The van der Waals surface area contributed by atoms with Crippen LogP contribution in [-0.2, 0) is 9.53 Å². The van der Waals surface area contributed by atoms with Crippen molar-refractivity contribution in [2.45, 2.75) is 25.8 Å². The normalized spacial score (nSPS) is 28.9. The molecule has 1 rings (SSSR count). The van der Waals surface area contributed by atoms with Crippen molar-refractivity contribution in [3.05, 3.63) is 12.7 Å². The van der Waals surface area contributed by atoms with Gasteiger partial charge in [0.25, 0.3) is 0 Å². The quantitative estimate of drug-likeness (QED) is 0.586. The van der Waals surface area contributed by atoms with E-state index in [1.807, 2.05) is 6.92 Å². The highest BCUT2D eigenvalue weighted by Crippen LogP contribution is 2.40. The molecular weight excluding hydrogens is 210 g/mol. The van der Waals surface area contributed by atoms with E-state index in [0.717, 1.165) is 4.90 Å². The average Bonchev–Trinajstić information content (AvgIpc) is 2.55. The van der Waals surface area contributed by atoms with E-state index in [2.05, 4.69) is 11.3 Å². The molecule has 1 aliphatic heterocycles. The van der Waals surface area contributed by atoms with Gasteiger partial charge in [0.1, 0.15) is 6.04 Å². The maximum atomic E-state index is 11.7. The van der Waals surface area contributed by atoms with Crippen molar-refractivity contribution in [2.75, 3.05) is 13.7 Å². The van der Waals surface area contributed by atoms with Crippen molar-refractivity contribution in [2.24, 2.45) is 5.41 Å². The van der Waals surface area contributed by atoms with Crippen molar-refractivity contribution in [3.8, 4) is 0 Å². The van der Waals surface area contributed by atoms with E-state index in [1.54, 1.807) is 6.08 Å². The standard InChI is InChI=1S/C11H17NO4/c1-4-5-11(2)6-7-12(10(14)15)8(11)9(13)16-3/h4,8H,1,5-7H2,2-3H3,(H,14,15). The lowest BCUT2D eigenvalue weighted by Gasteiger charge is -2.31. The van der Waals surface area contributed by atoms with Crippen molar-refractivity contribution < 1.29 is 19.4 Å². The molecule has 16 heavy (non-hydrogen) atoms. The van der Waals surface area contributed by atoms with E-state index >= 15 is 0 Å². The molecular formula is C11H17NO4. The summed E-state index contributed by atoms with van der Waals surface area (Å²) in [6, 6.07) is -0.729. The van der Waals surface area contributed by atoms with Crippen molar-refractivity contribution >= 4 is 12.1 Å². The SMILES string of the molecule is C=CCC1(C)CCN(C(=O)O)C1C(=O)OC.